The van der Waals surface area contributed by atoms with Gasteiger partial charge in [-0.2, -0.15) is 0 Å². The number of aryl methyl sites for hydroxylation is 1. The van der Waals surface area contributed by atoms with E-state index in [9.17, 15) is 34.2 Å². The molecule has 0 spiro atoms. The number of hydrogen-bond acceptors (Lipinski definition) is 17. The fourth-order valence-electron chi connectivity index (χ4n) is 10.3. The predicted octanol–water partition coefficient (Wildman–Crippen LogP) is 3.98. The lowest BCUT2D eigenvalue weighted by Crippen LogP contribution is -2.66. The highest BCUT2D eigenvalue weighted by Gasteiger charge is 2.55. The second-order valence-electron chi connectivity index (χ2n) is 19.7. The first kappa shape index (κ1) is 58.0. The lowest BCUT2D eigenvalue weighted by atomic mass is 9.79. The number of rotatable bonds is 18. The van der Waals surface area contributed by atoms with Crippen LogP contribution in [0.25, 0.3) is 0 Å². The lowest BCUT2D eigenvalue weighted by Gasteiger charge is -2.50. The fraction of sp³-hybridized carbons (Fsp3) is 0.784. The van der Waals surface area contributed by atoms with E-state index in [0.717, 1.165) is 32.1 Å². The lowest BCUT2D eigenvalue weighted by molar-refractivity contribution is -0.341. The van der Waals surface area contributed by atoms with Crippen molar-refractivity contribution in [1.82, 2.24) is 15.1 Å². The molecule has 16 atom stereocenters. The molecule has 0 radical (unpaired) electrons. The number of nitrogens with one attached hydrogen (secondary N) is 1. The molecule has 69 heavy (non-hydrogen) atoms. The summed E-state index contributed by atoms with van der Waals surface area (Å²) in [5.41, 5.74) is -0.0929. The van der Waals surface area contributed by atoms with E-state index >= 15 is 0 Å². The summed E-state index contributed by atoms with van der Waals surface area (Å²) >= 11 is 0. The molecule has 392 valence electrons. The van der Waals surface area contributed by atoms with Crippen LogP contribution in [0.2, 0.25) is 0 Å². The summed E-state index contributed by atoms with van der Waals surface area (Å²) in [7, 11) is 4.93. The second-order valence-corrected chi connectivity index (χ2v) is 19.7. The smallest absolute Gasteiger partial charge is 0.315 e. The molecule has 0 aromatic heterocycles. The van der Waals surface area contributed by atoms with Gasteiger partial charge in [0.05, 0.1) is 43.5 Å². The number of benzene rings is 1. The average Bonchev–Trinajstić information content (AvgIpc) is 3.27. The molecular weight excluding hydrogens is 895 g/mol. The van der Waals surface area contributed by atoms with E-state index in [1.807, 2.05) is 32.0 Å². The molecule has 0 aliphatic carbocycles. The zero-order chi connectivity index (χ0) is 51.0. The van der Waals surface area contributed by atoms with Crippen molar-refractivity contribution in [3.05, 3.63) is 35.9 Å². The first-order valence-electron chi connectivity index (χ1n) is 25.0. The van der Waals surface area contributed by atoms with Gasteiger partial charge in [0.25, 0.3) is 0 Å². The highest BCUT2D eigenvalue weighted by molar-refractivity contribution is 5.78. The van der Waals surface area contributed by atoms with E-state index in [1.165, 1.54) is 19.6 Å². The molecule has 3 N–H and O–H groups in total. The summed E-state index contributed by atoms with van der Waals surface area (Å²) in [4.78, 5) is 69.1. The van der Waals surface area contributed by atoms with Crippen molar-refractivity contribution < 1.29 is 72.1 Å². The maximum absolute atomic E-state index is 13.9. The van der Waals surface area contributed by atoms with Crippen molar-refractivity contribution in [3.63, 3.8) is 0 Å². The number of aliphatic hydroxyl groups is 2. The third kappa shape index (κ3) is 16.7. The third-order valence-corrected chi connectivity index (χ3v) is 13.8. The van der Waals surface area contributed by atoms with Crippen LogP contribution in [0.4, 0.5) is 0 Å². The number of likely N-dealkylation sites (N-methyl/N-ethyl adjacent to an activating group) is 1. The Morgan fingerprint density at radius 1 is 0.986 bits per heavy atom. The van der Waals surface area contributed by atoms with Gasteiger partial charge in [-0.25, -0.2) is 0 Å². The highest BCUT2D eigenvalue weighted by Crippen LogP contribution is 2.41. The van der Waals surface area contributed by atoms with Crippen LogP contribution in [0.5, 0.6) is 0 Å². The van der Waals surface area contributed by atoms with Crippen LogP contribution >= 0.6 is 0 Å². The summed E-state index contributed by atoms with van der Waals surface area (Å²) in [5, 5.41) is 27.3. The number of methoxy groups -OCH3 is 1. The Bertz CT molecular complexity index is 1760. The number of hydrogen-bond donors (Lipinski definition) is 3. The van der Waals surface area contributed by atoms with E-state index in [0.29, 0.717) is 19.5 Å². The van der Waals surface area contributed by atoms with Crippen molar-refractivity contribution in [3.8, 4) is 0 Å². The molecule has 1 aromatic carbocycles. The number of ether oxygens (including phenoxy) is 8. The first-order valence-corrected chi connectivity index (χ1v) is 25.0. The SMILES string of the molecule is CCOC(=O)[C@H]1[C@H](C)O[C@@H](O[C@H]2[C@H](N(C)C)[C@@H](O)[C@H](O[C@H]3[C@@H](CC=O)C[C@@H](C)[C@@H](O)CN(CCCCc4ccccc4)CCC(C)NC(=O)C[C@@H](OC(=O)CC)[C@@H]3OC)O[C@@H]2C)C[C@@]1(C)OC(C)=O. The molecule has 18 nitrogen and oxygen atoms in total. The molecule has 3 aliphatic rings. The van der Waals surface area contributed by atoms with Gasteiger partial charge in [-0.1, -0.05) is 44.2 Å². The van der Waals surface area contributed by atoms with E-state index in [1.54, 1.807) is 53.6 Å². The Labute approximate surface area is 409 Å². The summed E-state index contributed by atoms with van der Waals surface area (Å²) in [6.45, 7) is 15.3. The summed E-state index contributed by atoms with van der Waals surface area (Å²) in [6, 6.07) is 9.23. The number of nitrogens with zero attached hydrogens (tertiary/aromatic N) is 2. The number of aldehydes is 1. The molecule has 0 bridgehead atoms. The second kappa shape index (κ2) is 27.9. The minimum atomic E-state index is -1.42. The Balaban J connectivity index is 1.66. The number of amides is 1. The van der Waals surface area contributed by atoms with Gasteiger partial charge in [0.2, 0.25) is 5.91 Å². The summed E-state index contributed by atoms with van der Waals surface area (Å²) in [5.74, 6) is -4.12. The fourth-order valence-corrected chi connectivity index (χ4v) is 10.3. The van der Waals surface area contributed by atoms with Crippen molar-refractivity contribution in [2.75, 3.05) is 47.4 Å². The Morgan fingerprint density at radius 3 is 2.32 bits per heavy atom. The molecule has 3 heterocycles. The highest BCUT2D eigenvalue weighted by atomic mass is 16.7. The standard InChI is InChI=1S/C51H83N3O15/c1-12-41(59)66-39-28-40(58)52-32(4)22-25-54(24-18-17-21-36-19-15-14-16-20-36)30-38(57)31(3)27-37(23-26-55)47(48(39)62-11)68-50-45(60)44(53(9)10)46(34(6)65-50)67-42-29-51(8,69-35(7)56)43(33(5)64-42)49(61)63-13-2/h14-16,19-20,26,31-34,37-39,42-48,50,57,60H,12-13,17-18,21-25,27-30H2,1-11H3,(H,52,58)/t31-,32?,33+,34-,37+,38+,39-,42+,43-,44-,45-,46-,47+,48+,50+,51-/m1/s1. The van der Waals surface area contributed by atoms with Crippen LogP contribution in [0.1, 0.15) is 112 Å². The van der Waals surface area contributed by atoms with Gasteiger partial charge < -0.3 is 68.0 Å². The van der Waals surface area contributed by atoms with Gasteiger partial charge in [0.1, 0.15) is 42.2 Å². The van der Waals surface area contributed by atoms with Gasteiger partial charge in [-0.3, -0.25) is 19.2 Å². The number of esters is 3. The van der Waals surface area contributed by atoms with Crippen LogP contribution < -0.4 is 5.32 Å². The molecule has 3 fully saturated rings. The third-order valence-electron chi connectivity index (χ3n) is 13.8. The van der Waals surface area contributed by atoms with Gasteiger partial charge in [-0.05, 0) is 105 Å². The van der Waals surface area contributed by atoms with Crippen molar-refractivity contribution in [1.29, 1.82) is 0 Å². The number of carbonyl (C=O) groups excluding carboxylic acids is 5. The maximum atomic E-state index is 13.9. The van der Waals surface area contributed by atoms with Crippen LogP contribution in [0.15, 0.2) is 30.3 Å². The summed E-state index contributed by atoms with van der Waals surface area (Å²) in [6.07, 6.45) is -6.48. The zero-order valence-corrected chi connectivity index (χ0v) is 42.9. The minimum Gasteiger partial charge on any atom is -0.466 e. The van der Waals surface area contributed by atoms with Crippen LogP contribution in [0, 0.1) is 17.8 Å². The topological polar surface area (TPSA) is 218 Å². The van der Waals surface area contributed by atoms with Crippen molar-refractivity contribution >= 4 is 30.1 Å². The molecule has 1 aromatic rings. The quantitative estimate of drug-likeness (QED) is 0.0820. The first-order chi connectivity index (χ1) is 32.7. The molecule has 1 amide bonds. The molecular formula is C51H83N3O15. The molecule has 3 saturated heterocycles. The normalized spacial score (nSPS) is 35.5. The van der Waals surface area contributed by atoms with E-state index in [4.69, 9.17) is 37.9 Å². The monoisotopic (exact) mass is 978 g/mol. The molecule has 4 rings (SSSR count). The van der Waals surface area contributed by atoms with Gasteiger partial charge in [0.15, 0.2) is 12.6 Å². The van der Waals surface area contributed by atoms with E-state index in [-0.39, 0.29) is 56.6 Å². The number of aliphatic hydroxyl groups excluding tert-OH is 2. The molecule has 1 unspecified atom stereocenters. The van der Waals surface area contributed by atoms with Gasteiger partial charge >= 0.3 is 17.9 Å². The van der Waals surface area contributed by atoms with Crippen LogP contribution in [0.3, 0.4) is 0 Å². The maximum Gasteiger partial charge on any atom is 0.315 e. The molecule has 18 heteroatoms. The zero-order valence-electron chi connectivity index (χ0n) is 42.9. The predicted molar refractivity (Wildman–Crippen MR) is 254 cm³/mol. The van der Waals surface area contributed by atoms with Gasteiger partial charge in [0, 0.05) is 52.4 Å². The largest absolute Gasteiger partial charge is 0.466 e. The van der Waals surface area contributed by atoms with Crippen molar-refractivity contribution in [2.24, 2.45) is 17.8 Å². The number of β-amino-alcohol motifs (C(OH)–C–C–N with tert-alkyl or cyclic N) is 1. The Morgan fingerprint density at radius 2 is 1.70 bits per heavy atom. The summed E-state index contributed by atoms with van der Waals surface area (Å²) < 4.78 is 49.4. The van der Waals surface area contributed by atoms with E-state index < -0.39 is 103 Å². The minimum absolute atomic E-state index is 0.0134. The average molecular weight is 978 g/mol. The van der Waals surface area contributed by atoms with Crippen molar-refractivity contribution in [2.45, 2.75) is 192 Å². The van der Waals surface area contributed by atoms with Crippen LogP contribution in [-0.4, -0.2) is 177 Å². The Hall–Kier alpha value is -3.59. The van der Waals surface area contributed by atoms with Gasteiger partial charge in [-0.15, -0.1) is 0 Å². The number of carbonyl (C=O) groups is 5. The number of unbranched alkanes of at least 4 members (excludes halogenated alkanes) is 1. The molecule has 0 saturated carbocycles. The Kier molecular flexibility index (Phi) is 23.4. The van der Waals surface area contributed by atoms with Crippen LogP contribution in [-0.2, 0) is 68.3 Å². The van der Waals surface area contributed by atoms with E-state index in [2.05, 4.69) is 22.3 Å². The molecule has 3 aliphatic heterocycles.